The van der Waals surface area contributed by atoms with Crippen LogP contribution >= 0.6 is 0 Å². The average Bonchev–Trinajstić information content (AvgIpc) is 2.14. The van der Waals surface area contributed by atoms with Crippen molar-refractivity contribution in [3.05, 3.63) is 35.4 Å². The van der Waals surface area contributed by atoms with E-state index < -0.39 is 16.0 Å². The first kappa shape index (κ1) is 11.4. The Hall–Kier alpha value is -1.69. The van der Waals surface area contributed by atoms with Crippen molar-refractivity contribution in [1.82, 2.24) is 0 Å². The summed E-state index contributed by atoms with van der Waals surface area (Å²) in [6.45, 7) is 0. The van der Waals surface area contributed by atoms with Crippen molar-refractivity contribution < 1.29 is 18.3 Å². The Kier molecular flexibility index (Phi) is 3.21. The van der Waals surface area contributed by atoms with Crippen LogP contribution in [-0.2, 0) is 10.0 Å². The van der Waals surface area contributed by atoms with E-state index in [-0.39, 0.29) is 11.1 Å². The van der Waals surface area contributed by atoms with Crippen molar-refractivity contribution in [2.75, 3.05) is 6.26 Å². The predicted octanol–water partition coefficient (Wildman–Crippen LogP) is 0.763. The molecule has 0 atom stereocenters. The number of carboxylic acids is 1. The van der Waals surface area contributed by atoms with Crippen LogP contribution in [0.2, 0.25) is 0 Å². The Morgan fingerprint density at radius 1 is 1.40 bits per heavy atom. The third kappa shape index (κ3) is 3.51. The highest BCUT2D eigenvalue weighted by Crippen LogP contribution is 2.06. The van der Waals surface area contributed by atoms with Crippen molar-refractivity contribution in [1.29, 1.82) is 0 Å². The zero-order valence-electron chi connectivity index (χ0n) is 7.91. The molecule has 0 unspecified atom stereocenters. The Balaban J connectivity index is 3.16. The maximum absolute atomic E-state index is 10.7. The van der Waals surface area contributed by atoms with Crippen LogP contribution in [0.1, 0.15) is 15.9 Å². The van der Waals surface area contributed by atoms with Crippen LogP contribution in [0, 0.1) is 0 Å². The molecule has 1 aromatic rings. The third-order valence-corrected chi connectivity index (χ3v) is 2.06. The quantitative estimate of drug-likeness (QED) is 0.773. The van der Waals surface area contributed by atoms with Crippen molar-refractivity contribution in [2.45, 2.75) is 0 Å². The van der Waals surface area contributed by atoms with E-state index in [1.807, 2.05) is 0 Å². The molecule has 0 saturated carbocycles. The fourth-order valence-electron chi connectivity index (χ4n) is 0.957. The highest BCUT2D eigenvalue weighted by molar-refractivity contribution is 7.89. The highest BCUT2D eigenvalue weighted by atomic mass is 32.2. The van der Waals surface area contributed by atoms with Crippen LogP contribution in [0.3, 0.4) is 0 Å². The summed E-state index contributed by atoms with van der Waals surface area (Å²) in [5.41, 5.74) is 0.278. The molecule has 0 aliphatic carbocycles. The largest absolute Gasteiger partial charge is 0.478 e. The number of sulfonamides is 1. The van der Waals surface area contributed by atoms with Gasteiger partial charge in [0, 0.05) is 11.8 Å². The molecular formula is C9H9NO4S. The zero-order chi connectivity index (χ0) is 11.5. The van der Waals surface area contributed by atoms with E-state index in [4.69, 9.17) is 5.11 Å². The van der Waals surface area contributed by atoms with Crippen molar-refractivity contribution in [3.8, 4) is 0 Å². The van der Waals surface area contributed by atoms with E-state index in [0.29, 0.717) is 0 Å². The smallest absolute Gasteiger partial charge is 0.336 e. The second-order valence-electron chi connectivity index (χ2n) is 2.86. The number of hydrogen-bond acceptors (Lipinski definition) is 3. The van der Waals surface area contributed by atoms with E-state index >= 15 is 0 Å². The molecule has 0 aromatic heterocycles. The van der Waals surface area contributed by atoms with Gasteiger partial charge in [-0.15, -0.1) is 0 Å². The maximum Gasteiger partial charge on any atom is 0.336 e. The van der Waals surface area contributed by atoms with Gasteiger partial charge in [-0.05, 0) is 6.07 Å². The molecule has 0 aliphatic rings. The molecule has 0 aliphatic heterocycles. The van der Waals surface area contributed by atoms with E-state index in [2.05, 4.69) is 4.40 Å². The Labute approximate surface area is 87.1 Å². The summed E-state index contributed by atoms with van der Waals surface area (Å²) in [6.07, 6.45) is 1.96. The monoisotopic (exact) mass is 227 g/mol. The Morgan fingerprint density at radius 3 is 2.53 bits per heavy atom. The molecule has 1 aromatic carbocycles. The van der Waals surface area contributed by atoms with Gasteiger partial charge in [-0.2, -0.15) is 4.40 Å². The summed E-state index contributed by atoms with van der Waals surface area (Å²) in [6, 6.07) is 6.03. The van der Waals surface area contributed by atoms with Crippen LogP contribution in [0.15, 0.2) is 28.7 Å². The number of nitrogens with zero attached hydrogens (tertiary/aromatic N) is 1. The molecule has 0 amide bonds. The molecule has 0 saturated heterocycles. The van der Waals surface area contributed by atoms with Gasteiger partial charge < -0.3 is 5.11 Å². The van der Waals surface area contributed by atoms with Gasteiger partial charge in [0.05, 0.1) is 11.8 Å². The highest BCUT2D eigenvalue weighted by Gasteiger charge is 2.07. The first-order valence-electron chi connectivity index (χ1n) is 3.98. The second-order valence-corrected chi connectivity index (χ2v) is 4.54. The van der Waals surface area contributed by atoms with Crippen LogP contribution in [0.25, 0.3) is 0 Å². The molecule has 1 N–H and O–H groups in total. The first-order chi connectivity index (χ1) is 6.90. The minimum Gasteiger partial charge on any atom is -0.478 e. The molecule has 0 heterocycles. The minimum absolute atomic E-state index is 0.0184. The van der Waals surface area contributed by atoms with Gasteiger partial charge in [0.15, 0.2) is 0 Å². The topological polar surface area (TPSA) is 83.8 Å². The lowest BCUT2D eigenvalue weighted by atomic mass is 10.1. The number of aromatic carboxylic acids is 1. The van der Waals surface area contributed by atoms with Gasteiger partial charge >= 0.3 is 5.97 Å². The summed E-state index contributed by atoms with van der Waals surface area (Å²) >= 11 is 0. The normalized spacial score (nSPS) is 11.8. The van der Waals surface area contributed by atoms with Crippen LogP contribution in [0.4, 0.5) is 0 Å². The van der Waals surface area contributed by atoms with Gasteiger partial charge in [0.1, 0.15) is 0 Å². The minimum atomic E-state index is -3.49. The molecule has 6 heteroatoms. The fraction of sp³-hybridized carbons (Fsp3) is 0.111. The van der Waals surface area contributed by atoms with Gasteiger partial charge in [0.25, 0.3) is 0 Å². The van der Waals surface area contributed by atoms with Gasteiger partial charge in [-0.25, -0.2) is 13.2 Å². The summed E-state index contributed by atoms with van der Waals surface area (Å²) in [7, 11) is -3.49. The van der Waals surface area contributed by atoms with E-state index in [1.165, 1.54) is 12.1 Å². The van der Waals surface area contributed by atoms with Gasteiger partial charge in [-0.1, -0.05) is 18.2 Å². The maximum atomic E-state index is 10.7. The van der Waals surface area contributed by atoms with E-state index in [9.17, 15) is 13.2 Å². The van der Waals surface area contributed by atoms with Crippen molar-refractivity contribution in [2.24, 2.45) is 4.40 Å². The lowest BCUT2D eigenvalue weighted by molar-refractivity contribution is 0.0696. The summed E-state index contributed by atoms with van der Waals surface area (Å²) < 4.78 is 24.7. The van der Waals surface area contributed by atoms with Gasteiger partial charge in [-0.3, -0.25) is 0 Å². The van der Waals surface area contributed by atoms with Crippen molar-refractivity contribution in [3.63, 3.8) is 0 Å². The van der Waals surface area contributed by atoms with Crippen LogP contribution in [-0.4, -0.2) is 32.0 Å². The fourth-order valence-corrected chi connectivity index (χ4v) is 1.26. The van der Waals surface area contributed by atoms with E-state index in [0.717, 1.165) is 12.5 Å². The molecule has 80 valence electrons. The standard InChI is InChI=1S/C9H9NO4S/c1-15(13,14)10-6-7-4-2-3-5-8(7)9(11)12/h2-6H,1H3,(H,11,12). The van der Waals surface area contributed by atoms with E-state index in [1.54, 1.807) is 12.1 Å². The lowest BCUT2D eigenvalue weighted by Crippen LogP contribution is -2.02. The average molecular weight is 227 g/mol. The summed E-state index contributed by atoms with van der Waals surface area (Å²) in [5.74, 6) is -1.12. The number of rotatable bonds is 3. The second kappa shape index (κ2) is 4.22. The molecule has 0 bridgehead atoms. The number of hydrogen-bond donors (Lipinski definition) is 1. The summed E-state index contributed by atoms with van der Waals surface area (Å²) in [4.78, 5) is 10.7. The number of carboxylic acid groups (broad SMARTS) is 1. The lowest BCUT2D eigenvalue weighted by Gasteiger charge is -1.98. The first-order valence-corrected chi connectivity index (χ1v) is 5.82. The molecule has 15 heavy (non-hydrogen) atoms. The zero-order valence-corrected chi connectivity index (χ0v) is 8.73. The molecule has 0 radical (unpaired) electrons. The molecule has 0 spiro atoms. The Morgan fingerprint density at radius 2 is 2.00 bits per heavy atom. The third-order valence-electron chi connectivity index (χ3n) is 1.57. The molecular weight excluding hydrogens is 218 g/mol. The number of benzene rings is 1. The summed E-state index contributed by atoms with van der Waals surface area (Å²) in [5, 5.41) is 8.78. The molecule has 0 fully saturated rings. The van der Waals surface area contributed by atoms with Gasteiger partial charge in [0.2, 0.25) is 10.0 Å². The van der Waals surface area contributed by atoms with Crippen molar-refractivity contribution >= 4 is 22.2 Å². The Bertz CT molecular complexity index is 505. The molecule has 5 nitrogen and oxygen atoms in total. The van der Waals surface area contributed by atoms with Crippen LogP contribution in [0.5, 0.6) is 0 Å². The predicted molar refractivity (Wildman–Crippen MR) is 55.8 cm³/mol. The SMILES string of the molecule is CS(=O)(=O)N=Cc1ccccc1C(=O)O. The van der Waals surface area contributed by atoms with Crippen LogP contribution < -0.4 is 0 Å². The number of carbonyl (C=O) groups is 1. The molecule has 1 rings (SSSR count).